The number of benzene rings is 2. The number of fused-ring (bicyclic) bond motifs is 1. The van der Waals surface area contributed by atoms with Gasteiger partial charge in [-0.2, -0.15) is 8.61 Å². The number of halogens is 2. The lowest BCUT2D eigenvalue weighted by atomic mass is 10.2. The highest BCUT2D eigenvalue weighted by Crippen LogP contribution is 2.32. The fourth-order valence-corrected chi connectivity index (χ4v) is 7.03. The minimum absolute atomic E-state index is 0.0538. The lowest BCUT2D eigenvalue weighted by Crippen LogP contribution is -2.50. The summed E-state index contributed by atoms with van der Waals surface area (Å²) in [5, 5.41) is 0. The maximum atomic E-state index is 14.0. The van der Waals surface area contributed by atoms with Crippen LogP contribution in [0.5, 0.6) is 0 Å². The number of rotatable bonds is 4. The molecule has 2 aromatic rings. The molecule has 8 nitrogen and oxygen atoms in total. The van der Waals surface area contributed by atoms with E-state index in [2.05, 4.69) is 0 Å². The van der Waals surface area contributed by atoms with Crippen LogP contribution in [-0.2, 0) is 31.3 Å². The van der Waals surface area contributed by atoms with Gasteiger partial charge in [-0.1, -0.05) is 6.07 Å². The van der Waals surface area contributed by atoms with Crippen molar-refractivity contribution in [3.8, 4) is 0 Å². The van der Waals surface area contributed by atoms with Gasteiger partial charge in [-0.25, -0.2) is 25.6 Å². The smallest absolute Gasteiger partial charge is 0.249 e. The zero-order valence-electron chi connectivity index (χ0n) is 17.2. The maximum absolute atomic E-state index is 14.0. The Morgan fingerprint density at radius 3 is 1.97 bits per heavy atom. The van der Waals surface area contributed by atoms with Crippen molar-refractivity contribution in [3.05, 3.63) is 53.6 Å². The van der Waals surface area contributed by atoms with Gasteiger partial charge in [-0.3, -0.25) is 4.79 Å². The maximum Gasteiger partial charge on any atom is 0.249 e. The molecule has 1 amide bonds. The van der Waals surface area contributed by atoms with E-state index in [0.717, 1.165) is 32.4 Å². The van der Waals surface area contributed by atoms with Crippen molar-refractivity contribution in [2.45, 2.75) is 23.1 Å². The minimum Gasteiger partial charge on any atom is -0.312 e. The molecule has 0 aromatic heterocycles. The Bertz CT molecular complexity index is 1270. The summed E-state index contributed by atoms with van der Waals surface area (Å²) >= 11 is 0. The van der Waals surface area contributed by atoms with E-state index in [-0.39, 0.29) is 37.0 Å². The van der Waals surface area contributed by atoms with Gasteiger partial charge in [0.15, 0.2) is 4.90 Å². The normalized spacial score (nSPS) is 18.0. The zero-order valence-corrected chi connectivity index (χ0v) is 18.8. The highest BCUT2D eigenvalue weighted by molar-refractivity contribution is 7.89. The summed E-state index contributed by atoms with van der Waals surface area (Å²) in [6.45, 7) is 1.14. The van der Waals surface area contributed by atoms with E-state index in [1.165, 1.54) is 19.1 Å². The van der Waals surface area contributed by atoms with Crippen LogP contribution in [0.1, 0.15) is 12.5 Å². The third-order valence-electron chi connectivity index (χ3n) is 5.68. The van der Waals surface area contributed by atoms with Gasteiger partial charge >= 0.3 is 0 Å². The molecule has 12 heteroatoms. The molecule has 32 heavy (non-hydrogen) atoms. The van der Waals surface area contributed by atoms with Crippen molar-refractivity contribution in [1.82, 2.24) is 8.61 Å². The topological polar surface area (TPSA) is 95.1 Å². The standard InChI is InChI=1S/C20H21F2N3O5S2/c1-14(26)25-8-7-15-13-16(5-6-19(15)25)31(27,28)23-9-11-24(12-10-23)32(29,30)20-17(21)3-2-4-18(20)22/h2-6,13H,7-12H2,1H3. The van der Waals surface area contributed by atoms with E-state index in [4.69, 9.17) is 0 Å². The van der Waals surface area contributed by atoms with Crippen LogP contribution in [0.4, 0.5) is 14.5 Å². The number of carbonyl (C=O) groups excluding carboxylic acids is 1. The number of carbonyl (C=O) groups is 1. The Kier molecular flexibility index (Phi) is 5.82. The molecule has 0 atom stereocenters. The number of sulfonamides is 2. The number of piperazine rings is 1. The number of nitrogens with zero attached hydrogens (tertiary/aromatic N) is 3. The first-order valence-electron chi connectivity index (χ1n) is 9.89. The van der Waals surface area contributed by atoms with Crippen LogP contribution >= 0.6 is 0 Å². The quantitative estimate of drug-likeness (QED) is 0.655. The van der Waals surface area contributed by atoms with Gasteiger partial charge in [0.25, 0.3) is 0 Å². The van der Waals surface area contributed by atoms with E-state index in [9.17, 15) is 30.4 Å². The second-order valence-electron chi connectivity index (χ2n) is 7.57. The number of hydrogen-bond acceptors (Lipinski definition) is 5. The predicted molar refractivity (Wildman–Crippen MR) is 112 cm³/mol. The first kappa shape index (κ1) is 22.8. The Hall–Kier alpha value is -2.41. The molecule has 0 aliphatic carbocycles. The molecule has 2 heterocycles. The van der Waals surface area contributed by atoms with Gasteiger partial charge in [-0.05, 0) is 42.3 Å². The summed E-state index contributed by atoms with van der Waals surface area (Å²) < 4.78 is 81.6. The monoisotopic (exact) mass is 485 g/mol. The predicted octanol–water partition coefficient (Wildman–Crippen LogP) is 1.57. The molecular formula is C20H21F2N3O5S2. The van der Waals surface area contributed by atoms with Crippen molar-refractivity contribution < 1.29 is 30.4 Å². The van der Waals surface area contributed by atoms with Crippen molar-refractivity contribution >= 4 is 31.6 Å². The van der Waals surface area contributed by atoms with Gasteiger partial charge < -0.3 is 4.90 Å². The summed E-state index contributed by atoms with van der Waals surface area (Å²) in [5.41, 5.74) is 1.43. The molecule has 1 saturated heterocycles. The average molecular weight is 486 g/mol. The fraction of sp³-hybridized carbons (Fsp3) is 0.350. The Morgan fingerprint density at radius 2 is 1.41 bits per heavy atom. The molecule has 0 unspecified atom stereocenters. The lowest BCUT2D eigenvalue weighted by Gasteiger charge is -2.33. The Labute approximate surface area is 185 Å². The molecular weight excluding hydrogens is 464 g/mol. The molecule has 2 aliphatic rings. The molecule has 0 radical (unpaired) electrons. The number of amides is 1. The number of anilines is 1. The van der Waals surface area contributed by atoms with Crippen LogP contribution in [0.15, 0.2) is 46.2 Å². The SMILES string of the molecule is CC(=O)N1CCc2cc(S(=O)(=O)N3CCN(S(=O)(=O)c4c(F)cccc4F)CC3)ccc21. The van der Waals surface area contributed by atoms with E-state index >= 15 is 0 Å². The van der Waals surface area contributed by atoms with Crippen LogP contribution in [0.25, 0.3) is 0 Å². The molecule has 172 valence electrons. The third-order valence-corrected chi connectivity index (χ3v) is 9.52. The van der Waals surface area contributed by atoms with Gasteiger partial charge in [0.05, 0.1) is 4.90 Å². The second-order valence-corrected chi connectivity index (χ2v) is 11.4. The van der Waals surface area contributed by atoms with E-state index in [1.54, 1.807) is 11.0 Å². The summed E-state index contributed by atoms with van der Waals surface area (Å²) in [4.78, 5) is 12.3. The Balaban J connectivity index is 1.53. The largest absolute Gasteiger partial charge is 0.312 e. The van der Waals surface area contributed by atoms with Crippen LogP contribution in [0.2, 0.25) is 0 Å². The highest BCUT2D eigenvalue weighted by atomic mass is 32.2. The fourth-order valence-electron chi connectivity index (χ4n) is 4.02. The summed E-state index contributed by atoms with van der Waals surface area (Å²) in [5.74, 6) is -2.52. The third kappa shape index (κ3) is 3.81. The molecule has 1 fully saturated rings. The Morgan fingerprint density at radius 1 is 0.844 bits per heavy atom. The van der Waals surface area contributed by atoms with Gasteiger partial charge in [0.1, 0.15) is 11.6 Å². The molecule has 2 aliphatic heterocycles. The van der Waals surface area contributed by atoms with Crippen LogP contribution in [0, 0.1) is 11.6 Å². The van der Waals surface area contributed by atoms with Crippen LogP contribution < -0.4 is 4.90 Å². The highest BCUT2D eigenvalue weighted by Gasteiger charge is 2.37. The van der Waals surface area contributed by atoms with E-state index < -0.39 is 36.6 Å². The zero-order chi connectivity index (χ0) is 23.3. The minimum atomic E-state index is -4.45. The molecule has 4 rings (SSSR count). The first-order valence-corrected chi connectivity index (χ1v) is 12.8. The average Bonchev–Trinajstić information content (AvgIpc) is 3.17. The molecule has 0 N–H and O–H groups in total. The van der Waals surface area contributed by atoms with Crippen molar-refractivity contribution in [3.63, 3.8) is 0 Å². The van der Waals surface area contributed by atoms with Crippen LogP contribution in [-0.4, -0.2) is 64.1 Å². The summed E-state index contributed by atoms with van der Waals surface area (Å²) in [7, 11) is -8.37. The molecule has 0 saturated carbocycles. The summed E-state index contributed by atoms with van der Waals surface area (Å²) in [6, 6.07) is 7.34. The molecule has 0 bridgehead atoms. The van der Waals surface area contributed by atoms with Crippen LogP contribution in [0.3, 0.4) is 0 Å². The first-order chi connectivity index (χ1) is 15.0. The number of hydrogen-bond donors (Lipinski definition) is 0. The van der Waals surface area contributed by atoms with Gasteiger partial charge in [-0.15, -0.1) is 0 Å². The lowest BCUT2D eigenvalue weighted by molar-refractivity contribution is -0.116. The van der Waals surface area contributed by atoms with Crippen molar-refractivity contribution in [1.29, 1.82) is 0 Å². The van der Waals surface area contributed by atoms with Crippen molar-refractivity contribution in [2.24, 2.45) is 0 Å². The van der Waals surface area contributed by atoms with E-state index in [1.807, 2.05) is 0 Å². The molecule has 2 aromatic carbocycles. The summed E-state index contributed by atoms with van der Waals surface area (Å²) in [6.07, 6.45) is 0.540. The van der Waals surface area contributed by atoms with Gasteiger partial charge in [0, 0.05) is 45.3 Å². The van der Waals surface area contributed by atoms with Gasteiger partial charge in [0.2, 0.25) is 26.0 Å². The van der Waals surface area contributed by atoms with E-state index in [0.29, 0.717) is 18.7 Å². The molecule has 0 spiro atoms. The van der Waals surface area contributed by atoms with Crippen molar-refractivity contribution in [2.75, 3.05) is 37.6 Å². The second kappa shape index (κ2) is 8.18.